The molecule has 0 amide bonds. The zero-order chi connectivity index (χ0) is 21.4. The van der Waals surface area contributed by atoms with E-state index in [1.807, 2.05) is 37.3 Å². The Morgan fingerprint density at radius 3 is 2.84 bits per heavy atom. The van der Waals surface area contributed by atoms with Gasteiger partial charge in [0.2, 0.25) is 0 Å². The zero-order valence-corrected chi connectivity index (χ0v) is 18.4. The smallest absolute Gasteiger partial charge is 0.258 e. The van der Waals surface area contributed by atoms with Gasteiger partial charge in [0.05, 0.1) is 21.7 Å². The second-order valence-corrected chi connectivity index (χ2v) is 8.84. The lowest BCUT2D eigenvalue weighted by molar-refractivity contribution is 0.288. The molecule has 0 atom stereocenters. The number of fused-ring (bicyclic) bond motifs is 1. The highest BCUT2D eigenvalue weighted by Gasteiger charge is 2.30. The third kappa shape index (κ3) is 4.18. The molecule has 1 N–H and O–H groups in total. The summed E-state index contributed by atoms with van der Waals surface area (Å²) in [5.41, 5.74) is 1.59. The van der Waals surface area contributed by atoms with E-state index in [1.165, 1.54) is 11.8 Å². The summed E-state index contributed by atoms with van der Waals surface area (Å²) >= 11 is 7.70. The Balaban J connectivity index is 1.36. The van der Waals surface area contributed by atoms with Crippen LogP contribution in [0.3, 0.4) is 0 Å². The van der Waals surface area contributed by atoms with E-state index in [-0.39, 0.29) is 12.2 Å². The molecule has 2 heterocycles. The molecule has 2 aromatic carbocycles. The standard InChI is InChI=1S/C22H20ClN5O2S/c1-13-5-4-6-15-20(13)24-18(25-21(15)29)12-31-22-27-26-19(28(22)14-9-10-14)11-30-17-8-3-2-7-16(17)23/h2-8,14H,9-12H2,1H3,(H,24,25,29). The van der Waals surface area contributed by atoms with Crippen molar-refractivity contribution in [3.8, 4) is 5.75 Å². The molecule has 158 valence electrons. The van der Waals surface area contributed by atoms with E-state index in [1.54, 1.807) is 12.1 Å². The first-order valence-electron chi connectivity index (χ1n) is 10.0. The third-order valence-corrected chi connectivity index (χ3v) is 6.43. The second-order valence-electron chi connectivity index (χ2n) is 7.49. The first-order valence-corrected chi connectivity index (χ1v) is 11.4. The Morgan fingerprint density at radius 2 is 2.03 bits per heavy atom. The normalized spacial score (nSPS) is 13.6. The van der Waals surface area contributed by atoms with Crippen LogP contribution in [0.1, 0.15) is 36.1 Å². The molecular weight excluding hydrogens is 434 g/mol. The van der Waals surface area contributed by atoms with Crippen molar-refractivity contribution in [2.75, 3.05) is 0 Å². The van der Waals surface area contributed by atoms with Gasteiger partial charge in [0.15, 0.2) is 11.0 Å². The molecule has 0 aliphatic heterocycles. The van der Waals surface area contributed by atoms with Crippen molar-refractivity contribution < 1.29 is 4.74 Å². The van der Waals surface area contributed by atoms with Crippen LogP contribution in [-0.2, 0) is 12.4 Å². The van der Waals surface area contributed by atoms with Crippen molar-refractivity contribution in [3.05, 3.63) is 75.1 Å². The summed E-state index contributed by atoms with van der Waals surface area (Å²) in [5, 5.41) is 10.7. The topological polar surface area (TPSA) is 85.7 Å². The maximum Gasteiger partial charge on any atom is 0.258 e. The van der Waals surface area contributed by atoms with Gasteiger partial charge in [-0.2, -0.15) is 0 Å². The van der Waals surface area contributed by atoms with Crippen LogP contribution < -0.4 is 10.3 Å². The van der Waals surface area contributed by atoms with Gasteiger partial charge in [-0.15, -0.1) is 10.2 Å². The van der Waals surface area contributed by atoms with E-state index < -0.39 is 0 Å². The summed E-state index contributed by atoms with van der Waals surface area (Å²) in [5.74, 6) is 2.50. The van der Waals surface area contributed by atoms with E-state index in [0.717, 1.165) is 34.9 Å². The molecule has 0 spiro atoms. The first kappa shape index (κ1) is 20.1. The highest BCUT2D eigenvalue weighted by atomic mass is 35.5. The molecule has 2 aromatic heterocycles. The number of aromatic nitrogens is 5. The summed E-state index contributed by atoms with van der Waals surface area (Å²) in [6.07, 6.45) is 2.18. The van der Waals surface area contributed by atoms with Crippen molar-refractivity contribution in [1.29, 1.82) is 0 Å². The molecule has 9 heteroatoms. The number of H-pyrrole nitrogens is 1. The van der Waals surface area contributed by atoms with Crippen LogP contribution >= 0.6 is 23.4 Å². The van der Waals surface area contributed by atoms with Crippen molar-refractivity contribution >= 4 is 34.3 Å². The van der Waals surface area contributed by atoms with Crippen LogP contribution in [0.15, 0.2) is 52.4 Å². The quantitative estimate of drug-likeness (QED) is 0.409. The minimum absolute atomic E-state index is 0.123. The molecule has 0 bridgehead atoms. The molecule has 1 aliphatic rings. The molecule has 0 radical (unpaired) electrons. The number of aryl methyl sites for hydroxylation is 1. The summed E-state index contributed by atoms with van der Waals surface area (Å²) in [6, 6.07) is 13.4. The van der Waals surface area contributed by atoms with E-state index in [0.29, 0.717) is 33.8 Å². The SMILES string of the molecule is Cc1cccc2c(=O)[nH]c(CSc3nnc(COc4ccccc4Cl)n3C3CC3)nc12. The van der Waals surface area contributed by atoms with Crippen molar-refractivity contribution in [2.45, 2.75) is 43.3 Å². The predicted molar refractivity (Wildman–Crippen MR) is 121 cm³/mol. The Hall–Kier alpha value is -2.84. The van der Waals surface area contributed by atoms with E-state index in [9.17, 15) is 4.79 Å². The monoisotopic (exact) mass is 453 g/mol. The van der Waals surface area contributed by atoms with Crippen LogP contribution in [0.25, 0.3) is 10.9 Å². The number of nitrogens with one attached hydrogen (secondary N) is 1. The zero-order valence-electron chi connectivity index (χ0n) is 16.8. The van der Waals surface area contributed by atoms with Crippen molar-refractivity contribution in [3.63, 3.8) is 0 Å². The fourth-order valence-electron chi connectivity index (χ4n) is 3.46. The largest absolute Gasteiger partial charge is 0.484 e. The van der Waals surface area contributed by atoms with Crippen molar-refractivity contribution in [2.24, 2.45) is 0 Å². The number of rotatable bonds is 7. The number of halogens is 1. The first-order chi connectivity index (χ1) is 15.1. The maximum absolute atomic E-state index is 12.4. The van der Waals surface area contributed by atoms with Gasteiger partial charge in [-0.1, -0.05) is 47.6 Å². The minimum Gasteiger partial charge on any atom is -0.484 e. The van der Waals surface area contributed by atoms with Gasteiger partial charge in [0.25, 0.3) is 5.56 Å². The Bertz CT molecular complexity index is 1310. The van der Waals surface area contributed by atoms with Gasteiger partial charge in [-0.25, -0.2) is 4.98 Å². The molecule has 1 aliphatic carbocycles. The average molecular weight is 454 g/mol. The van der Waals surface area contributed by atoms with E-state index in [2.05, 4.69) is 24.7 Å². The molecule has 0 unspecified atom stereocenters. The number of ether oxygens (including phenoxy) is 1. The predicted octanol–water partition coefficient (Wildman–Crippen LogP) is 4.68. The molecular formula is C22H20ClN5O2S. The van der Waals surface area contributed by atoms with Gasteiger partial charge >= 0.3 is 0 Å². The Morgan fingerprint density at radius 1 is 1.19 bits per heavy atom. The van der Waals surface area contributed by atoms with Crippen LogP contribution in [0, 0.1) is 6.92 Å². The molecule has 4 aromatic rings. The minimum atomic E-state index is -0.123. The molecule has 0 saturated heterocycles. The van der Waals surface area contributed by atoms with Crippen molar-refractivity contribution in [1.82, 2.24) is 24.7 Å². The molecule has 5 rings (SSSR count). The lowest BCUT2D eigenvalue weighted by Crippen LogP contribution is -2.12. The number of nitrogens with zero attached hydrogens (tertiary/aromatic N) is 4. The van der Waals surface area contributed by atoms with E-state index >= 15 is 0 Å². The molecule has 1 fully saturated rings. The average Bonchev–Trinajstić information content (AvgIpc) is 3.52. The highest BCUT2D eigenvalue weighted by molar-refractivity contribution is 7.98. The lowest BCUT2D eigenvalue weighted by Gasteiger charge is -2.11. The summed E-state index contributed by atoms with van der Waals surface area (Å²) in [7, 11) is 0. The summed E-state index contributed by atoms with van der Waals surface area (Å²) in [6.45, 7) is 2.25. The van der Waals surface area contributed by atoms with Crippen LogP contribution in [-0.4, -0.2) is 24.7 Å². The molecule has 7 nitrogen and oxygen atoms in total. The summed E-state index contributed by atoms with van der Waals surface area (Å²) in [4.78, 5) is 20.0. The Labute approximate surface area is 187 Å². The van der Waals surface area contributed by atoms with Crippen LogP contribution in [0.5, 0.6) is 5.75 Å². The summed E-state index contributed by atoms with van der Waals surface area (Å²) < 4.78 is 8.00. The van der Waals surface area contributed by atoms with Gasteiger partial charge < -0.3 is 9.72 Å². The fourth-order valence-corrected chi connectivity index (χ4v) is 4.55. The van der Waals surface area contributed by atoms with Gasteiger partial charge in [0.1, 0.15) is 18.2 Å². The number of aromatic amines is 1. The Kier molecular flexibility index (Phi) is 5.41. The van der Waals surface area contributed by atoms with E-state index in [4.69, 9.17) is 16.3 Å². The number of hydrogen-bond donors (Lipinski definition) is 1. The van der Waals surface area contributed by atoms with Gasteiger partial charge in [-0.05, 0) is 43.5 Å². The molecule has 1 saturated carbocycles. The van der Waals surface area contributed by atoms with Crippen LogP contribution in [0.2, 0.25) is 5.02 Å². The highest BCUT2D eigenvalue weighted by Crippen LogP contribution is 2.39. The number of benzene rings is 2. The third-order valence-electron chi connectivity index (χ3n) is 5.17. The lowest BCUT2D eigenvalue weighted by atomic mass is 10.1. The number of para-hydroxylation sites is 2. The maximum atomic E-state index is 12.4. The number of thioether (sulfide) groups is 1. The van der Waals surface area contributed by atoms with Gasteiger partial charge in [-0.3, -0.25) is 9.36 Å². The molecule has 31 heavy (non-hydrogen) atoms. The second kappa shape index (κ2) is 8.36. The van der Waals surface area contributed by atoms with Gasteiger partial charge in [0, 0.05) is 6.04 Å². The fraction of sp³-hybridized carbons (Fsp3) is 0.273. The number of hydrogen-bond acceptors (Lipinski definition) is 6. The van der Waals surface area contributed by atoms with Crippen LogP contribution in [0.4, 0.5) is 0 Å².